The predicted molar refractivity (Wildman–Crippen MR) is 79.6 cm³/mol. The molecule has 3 aliphatic rings. The molecular weight excluding hydrogens is 262 g/mol. The van der Waals surface area contributed by atoms with Gasteiger partial charge in [-0.25, -0.2) is 0 Å². The van der Waals surface area contributed by atoms with E-state index in [-0.39, 0.29) is 23.1 Å². The van der Waals surface area contributed by atoms with Gasteiger partial charge < -0.3 is 0 Å². The van der Waals surface area contributed by atoms with E-state index in [2.05, 4.69) is 30.4 Å². The number of fused-ring (bicyclic) bond motifs is 3. The van der Waals surface area contributed by atoms with Crippen LogP contribution in [0.15, 0.2) is 24.3 Å². The van der Waals surface area contributed by atoms with Crippen LogP contribution in [0.25, 0.3) is 0 Å². The maximum Gasteiger partial charge on any atom is 0.234 e. The molecule has 3 fully saturated rings. The molecule has 1 spiro atoms. The molecule has 1 aromatic carbocycles. The predicted octanol–water partition coefficient (Wildman–Crippen LogP) is 2.93. The van der Waals surface area contributed by atoms with E-state index in [4.69, 9.17) is 0 Å². The molecule has 3 heteroatoms. The molecular formula is C18H21NO2. The van der Waals surface area contributed by atoms with Gasteiger partial charge in [0.1, 0.15) is 0 Å². The second-order valence-corrected chi connectivity index (χ2v) is 7.25. The lowest BCUT2D eigenvalue weighted by atomic mass is 9.59. The Kier molecular flexibility index (Phi) is 2.75. The Labute approximate surface area is 125 Å². The van der Waals surface area contributed by atoms with E-state index in [1.807, 2.05) is 6.07 Å². The average Bonchev–Trinajstić information content (AvgIpc) is 2.98. The van der Waals surface area contributed by atoms with Gasteiger partial charge in [0.25, 0.3) is 0 Å². The van der Waals surface area contributed by atoms with Gasteiger partial charge in [0.2, 0.25) is 11.8 Å². The summed E-state index contributed by atoms with van der Waals surface area (Å²) in [6.45, 7) is 2.06. The van der Waals surface area contributed by atoms with Gasteiger partial charge in [-0.3, -0.25) is 14.9 Å². The Morgan fingerprint density at radius 3 is 2.76 bits per heavy atom. The number of imide groups is 1. The van der Waals surface area contributed by atoms with Crippen LogP contribution in [0.3, 0.4) is 0 Å². The zero-order valence-corrected chi connectivity index (χ0v) is 12.4. The normalized spacial score (nSPS) is 38.0. The van der Waals surface area contributed by atoms with Crippen LogP contribution in [-0.4, -0.2) is 11.8 Å². The second-order valence-electron chi connectivity index (χ2n) is 7.25. The van der Waals surface area contributed by atoms with Crippen LogP contribution < -0.4 is 5.32 Å². The molecule has 1 aromatic rings. The number of piperidine rings is 1. The number of rotatable bonds is 1. The molecule has 4 atom stereocenters. The summed E-state index contributed by atoms with van der Waals surface area (Å²) in [5.74, 6) is 0.968. The van der Waals surface area contributed by atoms with Crippen molar-refractivity contribution in [1.29, 1.82) is 0 Å². The van der Waals surface area contributed by atoms with Crippen LogP contribution in [0.2, 0.25) is 0 Å². The van der Waals surface area contributed by atoms with Gasteiger partial charge in [-0.2, -0.15) is 0 Å². The first-order chi connectivity index (χ1) is 10.1. The first kappa shape index (κ1) is 13.1. The lowest BCUT2D eigenvalue weighted by Gasteiger charge is -2.46. The number of carbonyl (C=O) groups is 2. The van der Waals surface area contributed by atoms with Gasteiger partial charge in [0.05, 0.1) is 5.92 Å². The number of aryl methyl sites for hydroxylation is 1. The van der Waals surface area contributed by atoms with E-state index in [0.29, 0.717) is 12.3 Å². The van der Waals surface area contributed by atoms with Crippen molar-refractivity contribution in [2.45, 2.75) is 44.9 Å². The summed E-state index contributed by atoms with van der Waals surface area (Å²) in [5.41, 5.74) is 2.15. The minimum Gasteiger partial charge on any atom is -0.296 e. The Morgan fingerprint density at radius 1 is 1.24 bits per heavy atom. The maximum absolute atomic E-state index is 12.6. The van der Waals surface area contributed by atoms with Crippen molar-refractivity contribution in [1.82, 2.24) is 5.32 Å². The zero-order valence-electron chi connectivity index (χ0n) is 12.4. The average molecular weight is 283 g/mol. The molecule has 2 bridgehead atoms. The molecule has 0 radical (unpaired) electrons. The Hall–Kier alpha value is -1.64. The van der Waals surface area contributed by atoms with Crippen LogP contribution >= 0.6 is 0 Å². The van der Waals surface area contributed by atoms with Crippen LogP contribution in [0.1, 0.15) is 49.1 Å². The molecule has 2 saturated carbocycles. The molecule has 1 N–H and O–H groups in total. The van der Waals surface area contributed by atoms with Gasteiger partial charge in [-0.05, 0) is 49.0 Å². The monoisotopic (exact) mass is 283 g/mol. The minimum atomic E-state index is -0.148. The minimum absolute atomic E-state index is 0.0727. The third-order valence-corrected chi connectivity index (χ3v) is 5.99. The molecule has 4 unspecified atom stereocenters. The van der Waals surface area contributed by atoms with E-state index < -0.39 is 0 Å². The van der Waals surface area contributed by atoms with E-state index in [1.165, 1.54) is 24.8 Å². The Bertz CT molecular complexity index is 623. The first-order valence-corrected chi connectivity index (χ1v) is 7.99. The smallest absolute Gasteiger partial charge is 0.234 e. The van der Waals surface area contributed by atoms with Crippen molar-refractivity contribution in [2.24, 2.45) is 17.3 Å². The van der Waals surface area contributed by atoms with E-state index in [1.54, 1.807) is 0 Å². The molecule has 1 saturated heterocycles. The van der Waals surface area contributed by atoms with Crippen molar-refractivity contribution in [3.63, 3.8) is 0 Å². The van der Waals surface area contributed by atoms with Crippen LogP contribution in [0.4, 0.5) is 0 Å². The summed E-state index contributed by atoms with van der Waals surface area (Å²) >= 11 is 0. The second kappa shape index (κ2) is 4.43. The van der Waals surface area contributed by atoms with Crippen LogP contribution in [0, 0.1) is 24.2 Å². The topological polar surface area (TPSA) is 46.2 Å². The van der Waals surface area contributed by atoms with Crippen molar-refractivity contribution in [3.05, 3.63) is 35.4 Å². The Morgan fingerprint density at radius 2 is 2.10 bits per heavy atom. The van der Waals surface area contributed by atoms with Gasteiger partial charge in [-0.1, -0.05) is 36.2 Å². The number of hydrogen-bond donors (Lipinski definition) is 1. The van der Waals surface area contributed by atoms with Gasteiger partial charge in [-0.15, -0.1) is 0 Å². The standard InChI is InChI=1S/C18H21NO2/c1-11-3-2-4-13(7-11)16-17(21)19-15(20)10-18(16)9-12-5-6-14(18)8-12/h2-4,7,12,14,16H,5-6,8-10H2,1H3,(H,19,20,21). The SMILES string of the molecule is Cc1cccc(C2C(=O)NC(=O)CC23CC2CCC3C2)c1. The molecule has 21 heavy (non-hydrogen) atoms. The fraction of sp³-hybridized carbons (Fsp3) is 0.556. The van der Waals surface area contributed by atoms with Gasteiger partial charge in [0, 0.05) is 6.42 Å². The summed E-state index contributed by atoms with van der Waals surface area (Å²) in [5, 5.41) is 2.58. The molecule has 2 aliphatic carbocycles. The van der Waals surface area contributed by atoms with E-state index in [0.717, 1.165) is 17.9 Å². The molecule has 0 aromatic heterocycles. The van der Waals surface area contributed by atoms with Crippen molar-refractivity contribution in [2.75, 3.05) is 0 Å². The zero-order chi connectivity index (χ0) is 14.6. The summed E-state index contributed by atoms with van der Waals surface area (Å²) in [4.78, 5) is 24.6. The van der Waals surface area contributed by atoms with Gasteiger partial charge >= 0.3 is 0 Å². The summed E-state index contributed by atoms with van der Waals surface area (Å²) in [6, 6.07) is 8.26. The lowest BCUT2D eigenvalue weighted by molar-refractivity contribution is -0.142. The molecule has 4 rings (SSSR count). The highest BCUT2D eigenvalue weighted by Crippen LogP contribution is 2.64. The van der Waals surface area contributed by atoms with Gasteiger partial charge in [0.15, 0.2) is 0 Å². The summed E-state index contributed by atoms with van der Waals surface area (Å²) in [6.07, 6.45) is 5.26. The highest BCUT2D eigenvalue weighted by Gasteiger charge is 2.59. The Balaban J connectivity index is 1.81. The number of hydrogen-bond acceptors (Lipinski definition) is 2. The lowest BCUT2D eigenvalue weighted by Crippen LogP contribution is -2.52. The molecule has 3 nitrogen and oxygen atoms in total. The highest BCUT2D eigenvalue weighted by atomic mass is 16.2. The molecule has 1 aliphatic heterocycles. The fourth-order valence-corrected chi connectivity index (χ4v) is 5.31. The number of nitrogens with one attached hydrogen (secondary N) is 1. The van der Waals surface area contributed by atoms with E-state index in [9.17, 15) is 9.59 Å². The van der Waals surface area contributed by atoms with Crippen LogP contribution in [-0.2, 0) is 9.59 Å². The summed E-state index contributed by atoms with van der Waals surface area (Å²) < 4.78 is 0. The number of carbonyl (C=O) groups excluding carboxylic acids is 2. The third-order valence-electron chi connectivity index (χ3n) is 5.99. The molecule has 110 valence electrons. The largest absolute Gasteiger partial charge is 0.296 e. The highest BCUT2D eigenvalue weighted by molar-refractivity contribution is 6.02. The number of benzene rings is 1. The summed E-state index contributed by atoms with van der Waals surface area (Å²) in [7, 11) is 0. The quantitative estimate of drug-likeness (QED) is 0.805. The van der Waals surface area contributed by atoms with Crippen molar-refractivity contribution >= 4 is 11.8 Å². The van der Waals surface area contributed by atoms with Crippen LogP contribution in [0.5, 0.6) is 0 Å². The third kappa shape index (κ3) is 1.86. The van der Waals surface area contributed by atoms with Crippen molar-refractivity contribution < 1.29 is 9.59 Å². The number of amides is 2. The van der Waals surface area contributed by atoms with E-state index >= 15 is 0 Å². The fourth-order valence-electron chi connectivity index (χ4n) is 5.31. The molecule has 2 amide bonds. The first-order valence-electron chi connectivity index (χ1n) is 7.99. The maximum atomic E-state index is 12.6. The molecule has 1 heterocycles. The van der Waals surface area contributed by atoms with Crippen molar-refractivity contribution in [3.8, 4) is 0 Å².